The normalized spacial score (nSPS) is 10.9. The van der Waals surface area contributed by atoms with Crippen molar-refractivity contribution in [2.24, 2.45) is 0 Å². The maximum Gasteiger partial charge on any atom is 0.414 e. The van der Waals surface area contributed by atoms with Crippen LogP contribution in [-0.4, -0.2) is 24.7 Å². The van der Waals surface area contributed by atoms with E-state index in [-0.39, 0.29) is 0 Å². The SMILES string of the molecule is CCCOC(C)(C)NC(=O)Oc1ccc(C=O)cc1. The lowest BCUT2D eigenvalue weighted by atomic mass is 10.2. The summed E-state index contributed by atoms with van der Waals surface area (Å²) in [5.41, 5.74) is -0.255. The molecule has 0 aliphatic heterocycles. The summed E-state index contributed by atoms with van der Waals surface area (Å²) in [5, 5.41) is 2.62. The quantitative estimate of drug-likeness (QED) is 0.634. The Labute approximate surface area is 112 Å². The summed E-state index contributed by atoms with van der Waals surface area (Å²) >= 11 is 0. The molecule has 0 aliphatic rings. The summed E-state index contributed by atoms with van der Waals surface area (Å²) in [5.74, 6) is 0.370. The summed E-state index contributed by atoms with van der Waals surface area (Å²) in [6, 6.07) is 6.27. The zero-order valence-corrected chi connectivity index (χ0v) is 11.4. The van der Waals surface area contributed by atoms with E-state index in [1.165, 1.54) is 0 Å². The van der Waals surface area contributed by atoms with E-state index in [0.717, 1.165) is 12.7 Å². The lowest BCUT2D eigenvalue weighted by molar-refractivity contribution is -0.0366. The van der Waals surface area contributed by atoms with Crippen LogP contribution in [0.15, 0.2) is 24.3 Å². The molecule has 0 atom stereocenters. The van der Waals surface area contributed by atoms with Gasteiger partial charge in [0.05, 0.1) is 0 Å². The minimum absolute atomic E-state index is 0.370. The first-order valence-corrected chi connectivity index (χ1v) is 6.16. The molecule has 19 heavy (non-hydrogen) atoms. The van der Waals surface area contributed by atoms with Crippen molar-refractivity contribution < 1.29 is 19.1 Å². The second-order valence-electron chi connectivity index (χ2n) is 4.56. The Balaban J connectivity index is 2.52. The van der Waals surface area contributed by atoms with Crippen LogP contribution in [0.4, 0.5) is 4.79 Å². The van der Waals surface area contributed by atoms with Crippen LogP contribution >= 0.6 is 0 Å². The molecule has 0 saturated heterocycles. The van der Waals surface area contributed by atoms with Gasteiger partial charge in [0, 0.05) is 12.2 Å². The number of amides is 1. The summed E-state index contributed by atoms with van der Waals surface area (Å²) in [4.78, 5) is 22.2. The number of aldehydes is 1. The van der Waals surface area contributed by atoms with Gasteiger partial charge in [0.15, 0.2) is 0 Å². The molecule has 0 heterocycles. The van der Waals surface area contributed by atoms with E-state index < -0.39 is 11.8 Å². The van der Waals surface area contributed by atoms with Crippen LogP contribution in [0.1, 0.15) is 37.6 Å². The van der Waals surface area contributed by atoms with Crippen LogP contribution < -0.4 is 10.1 Å². The average Bonchev–Trinajstić information content (AvgIpc) is 2.36. The molecule has 5 nitrogen and oxygen atoms in total. The van der Waals surface area contributed by atoms with Gasteiger partial charge in [-0.2, -0.15) is 0 Å². The van der Waals surface area contributed by atoms with Crippen molar-refractivity contribution >= 4 is 12.4 Å². The Bertz CT molecular complexity index is 426. The molecule has 0 saturated carbocycles. The smallest absolute Gasteiger partial charge is 0.410 e. The topological polar surface area (TPSA) is 64.6 Å². The number of ether oxygens (including phenoxy) is 2. The van der Waals surface area contributed by atoms with Gasteiger partial charge in [-0.15, -0.1) is 0 Å². The lowest BCUT2D eigenvalue weighted by Crippen LogP contribution is -2.47. The molecule has 0 fully saturated rings. The van der Waals surface area contributed by atoms with E-state index in [1.54, 1.807) is 38.1 Å². The van der Waals surface area contributed by atoms with E-state index in [2.05, 4.69) is 5.32 Å². The predicted octanol–water partition coefficient (Wildman–Crippen LogP) is 2.75. The van der Waals surface area contributed by atoms with E-state index >= 15 is 0 Å². The first-order chi connectivity index (χ1) is 8.96. The third-order valence-electron chi connectivity index (χ3n) is 2.30. The number of benzene rings is 1. The van der Waals surface area contributed by atoms with Crippen LogP contribution in [-0.2, 0) is 4.74 Å². The summed E-state index contributed by atoms with van der Waals surface area (Å²) in [6.45, 7) is 6.04. The monoisotopic (exact) mass is 265 g/mol. The van der Waals surface area contributed by atoms with Crippen molar-refractivity contribution in [3.05, 3.63) is 29.8 Å². The number of rotatable bonds is 6. The van der Waals surface area contributed by atoms with Crippen molar-refractivity contribution in [3.8, 4) is 5.75 Å². The minimum Gasteiger partial charge on any atom is -0.410 e. The van der Waals surface area contributed by atoms with E-state index in [1.807, 2.05) is 6.92 Å². The van der Waals surface area contributed by atoms with Gasteiger partial charge in [-0.3, -0.25) is 10.1 Å². The Morgan fingerprint density at radius 2 is 1.95 bits per heavy atom. The van der Waals surface area contributed by atoms with Gasteiger partial charge < -0.3 is 9.47 Å². The van der Waals surface area contributed by atoms with Gasteiger partial charge >= 0.3 is 6.09 Å². The van der Waals surface area contributed by atoms with Crippen molar-refractivity contribution in [2.75, 3.05) is 6.61 Å². The van der Waals surface area contributed by atoms with Crippen molar-refractivity contribution in [1.82, 2.24) is 5.32 Å². The molecule has 0 unspecified atom stereocenters. The number of carbonyl (C=O) groups excluding carboxylic acids is 2. The Morgan fingerprint density at radius 3 is 2.47 bits per heavy atom. The highest BCUT2D eigenvalue weighted by atomic mass is 16.6. The van der Waals surface area contributed by atoms with Crippen LogP contribution in [0.5, 0.6) is 5.75 Å². The number of hydrogen-bond donors (Lipinski definition) is 1. The second kappa shape index (κ2) is 6.89. The zero-order chi connectivity index (χ0) is 14.3. The molecule has 1 rings (SSSR count). The Kier molecular flexibility index (Phi) is 5.51. The largest absolute Gasteiger partial charge is 0.414 e. The second-order valence-corrected chi connectivity index (χ2v) is 4.56. The highest BCUT2D eigenvalue weighted by Crippen LogP contribution is 2.12. The van der Waals surface area contributed by atoms with Crippen LogP contribution in [0.2, 0.25) is 0 Å². The Hall–Kier alpha value is -1.88. The molecule has 0 radical (unpaired) electrons. The molecule has 1 amide bonds. The molecule has 104 valence electrons. The van der Waals surface area contributed by atoms with Crippen LogP contribution in [0.3, 0.4) is 0 Å². The van der Waals surface area contributed by atoms with E-state index in [9.17, 15) is 9.59 Å². The van der Waals surface area contributed by atoms with Gasteiger partial charge in [-0.1, -0.05) is 6.92 Å². The van der Waals surface area contributed by atoms with Gasteiger partial charge in [0.2, 0.25) is 0 Å². The maximum atomic E-state index is 11.7. The molecule has 5 heteroatoms. The van der Waals surface area contributed by atoms with Gasteiger partial charge in [0.1, 0.15) is 17.8 Å². The number of nitrogens with one attached hydrogen (secondary N) is 1. The summed E-state index contributed by atoms with van der Waals surface area (Å²) in [6.07, 6.45) is 0.999. The molecule has 0 spiro atoms. The summed E-state index contributed by atoms with van der Waals surface area (Å²) < 4.78 is 10.5. The summed E-state index contributed by atoms with van der Waals surface area (Å²) in [7, 11) is 0. The van der Waals surface area contributed by atoms with Gasteiger partial charge in [-0.25, -0.2) is 4.79 Å². The molecule has 0 aromatic heterocycles. The third kappa shape index (κ3) is 5.52. The maximum absolute atomic E-state index is 11.7. The van der Waals surface area contributed by atoms with Crippen LogP contribution in [0.25, 0.3) is 0 Å². The zero-order valence-electron chi connectivity index (χ0n) is 11.4. The lowest BCUT2D eigenvalue weighted by Gasteiger charge is -2.25. The highest BCUT2D eigenvalue weighted by Gasteiger charge is 2.21. The molecule has 1 aromatic carbocycles. The minimum atomic E-state index is -0.782. The van der Waals surface area contributed by atoms with Crippen molar-refractivity contribution in [3.63, 3.8) is 0 Å². The number of hydrogen-bond acceptors (Lipinski definition) is 4. The first kappa shape index (κ1) is 15.2. The Morgan fingerprint density at radius 1 is 1.32 bits per heavy atom. The highest BCUT2D eigenvalue weighted by molar-refractivity contribution is 5.75. The molecule has 0 aliphatic carbocycles. The number of carbonyl (C=O) groups is 2. The first-order valence-electron chi connectivity index (χ1n) is 6.16. The van der Waals surface area contributed by atoms with Crippen molar-refractivity contribution in [2.45, 2.75) is 32.9 Å². The van der Waals surface area contributed by atoms with Gasteiger partial charge in [0.25, 0.3) is 0 Å². The fraction of sp³-hybridized carbons (Fsp3) is 0.429. The van der Waals surface area contributed by atoms with Crippen LogP contribution in [0, 0.1) is 0 Å². The predicted molar refractivity (Wildman–Crippen MR) is 71.3 cm³/mol. The van der Waals surface area contributed by atoms with Crippen molar-refractivity contribution in [1.29, 1.82) is 0 Å². The molecular weight excluding hydrogens is 246 g/mol. The molecular formula is C14H19NO4. The fourth-order valence-electron chi connectivity index (χ4n) is 1.39. The molecule has 1 N–H and O–H groups in total. The molecule has 0 bridgehead atoms. The van der Waals surface area contributed by atoms with E-state index in [4.69, 9.17) is 9.47 Å². The average molecular weight is 265 g/mol. The molecule has 1 aromatic rings. The van der Waals surface area contributed by atoms with E-state index in [0.29, 0.717) is 17.9 Å². The van der Waals surface area contributed by atoms with Gasteiger partial charge in [-0.05, 0) is 44.5 Å². The fourth-order valence-corrected chi connectivity index (χ4v) is 1.39. The third-order valence-corrected chi connectivity index (χ3v) is 2.30. The standard InChI is InChI=1S/C14H19NO4/c1-4-9-18-14(2,3)15-13(17)19-12-7-5-11(10-16)6-8-12/h5-8,10H,4,9H2,1-3H3,(H,15,17).